The van der Waals surface area contributed by atoms with E-state index in [2.05, 4.69) is 4.90 Å². The number of nitro groups is 1. The van der Waals surface area contributed by atoms with Crippen molar-refractivity contribution in [3.8, 4) is 0 Å². The van der Waals surface area contributed by atoms with Gasteiger partial charge in [-0.15, -0.1) is 0 Å². The largest absolute Gasteiger partial charge is 0.364 e. The molecule has 126 valence electrons. The van der Waals surface area contributed by atoms with Crippen molar-refractivity contribution < 1.29 is 14.5 Å². The zero-order chi connectivity index (χ0) is 17.4. The Morgan fingerprint density at radius 2 is 1.54 bits per heavy atom. The molecule has 0 atom stereocenters. The molecule has 1 aromatic carbocycles. The third-order valence-corrected chi connectivity index (χ3v) is 4.45. The van der Waals surface area contributed by atoms with Crippen LogP contribution in [0.15, 0.2) is 30.0 Å². The van der Waals surface area contributed by atoms with E-state index in [0.717, 1.165) is 18.0 Å². The first-order valence-electron chi connectivity index (χ1n) is 7.65. The van der Waals surface area contributed by atoms with Crippen molar-refractivity contribution in [2.24, 2.45) is 0 Å². The molecule has 0 aromatic heterocycles. The maximum absolute atomic E-state index is 12.5. The Balaban J connectivity index is 2.03. The van der Waals surface area contributed by atoms with Crippen molar-refractivity contribution in [3.05, 3.63) is 45.6 Å². The molecule has 1 fully saturated rings. The molecule has 8 heteroatoms. The molecule has 0 aliphatic carbocycles. The van der Waals surface area contributed by atoms with Gasteiger partial charge in [-0.3, -0.25) is 24.6 Å². The number of carbonyl (C=O) groups is 2. The first-order chi connectivity index (χ1) is 11.4. The fourth-order valence-corrected chi connectivity index (χ4v) is 2.96. The molecule has 8 nitrogen and oxygen atoms in total. The minimum absolute atomic E-state index is 0.0503. The SMILES string of the molecule is CN1CCN(C2=C(c3ccc([N+](=O)[O-])cc3)C(=O)N(C)C2=O)CC1. The molecule has 0 N–H and O–H groups in total. The number of nitro benzene ring substituents is 1. The molecule has 1 saturated heterocycles. The van der Waals surface area contributed by atoms with E-state index in [1.54, 1.807) is 0 Å². The van der Waals surface area contributed by atoms with Crippen LogP contribution in [0.25, 0.3) is 5.57 Å². The van der Waals surface area contributed by atoms with Crippen molar-refractivity contribution in [1.82, 2.24) is 14.7 Å². The number of piperazine rings is 1. The smallest absolute Gasteiger partial charge is 0.277 e. The molecule has 2 heterocycles. The van der Waals surface area contributed by atoms with Crippen LogP contribution < -0.4 is 0 Å². The highest BCUT2D eigenvalue weighted by atomic mass is 16.6. The number of amides is 2. The fourth-order valence-electron chi connectivity index (χ4n) is 2.96. The lowest BCUT2D eigenvalue weighted by Gasteiger charge is -2.34. The van der Waals surface area contributed by atoms with Gasteiger partial charge in [0.2, 0.25) is 0 Å². The minimum Gasteiger partial charge on any atom is -0.364 e. The summed E-state index contributed by atoms with van der Waals surface area (Å²) in [6, 6.07) is 5.74. The van der Waals surface area contributed by atoms with Crippen LogP contribution in [-0.4, -0.2) is 71.7 Å². The van der Waals surface area contributed by atoms with Gasteiger partial charge in [-0.2, -0.15) is 0 Å². The van der Waals surface area contributed by atoms with Crippen LogP contribution >= 0.6 is 0 Å². The number of likely N-dealkylation sites (N-methyl/N-ethyl adjacent to an activating group) is 2. The number of imide groups is 1. The van der Waals surface area contributed by atoms with Gasteiger partial charge in [0, 0.05) is 45.4 Å². The maximum Gasteiger partial charge on any atom is 0.277 e. The van der Waals surface area contributed by atoms with E-state index < -0.39 is 4.92 Å². The number of hydrogen-bond donors (Lipinski definition) is 0. The number of benzene rings is 1. The van der Waals surface area contributed by atoms with E-state index in [-0.39, 0.29) is 17.5 Å². The molecule has 24 heavy (non-hydrogen) atoms. The van der Waals surface area contributed by atoms with Gasteiger partial charge in [0.25, 0.3) is 17.5 Å². The fraction of sp³-hybridized carbons (Fsp3) is 0.375. The number of non-ortho nitro benzene ring substituents is 1. The average Bonchev–Trinajstić information content (AvgIpc) is 2.80. The Hall–Kier alpha value is -2.74. The van der Waals surface area contributed by atoms with Gasteiger partial charge in [0.1, 0.15) is 5.70 Å². The van der Waals surface area contributed by atoms with E-state index in [1.807, 2.05) is 11.9 Å². The lowest BCUT2D eigenvalue weighted by atomic mass is 10.0. The third-order valence-electron chi connectivity index (χ3n) is 4.45. The van der Waals surface area contributed by atoms with Gasteiger partial charge in [-0.05, 0) is 24.7 Å². The molecule has 0 spiro atoms. The Kier molecular flexibility index (Phi) is 4.06. The van der Waals surface area contributed by atoms with Crippen LogP contribution in [0, 0.1) is 10.1 Å². The molecule has 2 aliphatic heterocycles. The summed E-state index contributed by atoms with van der Waals surface area (Å²) < 4.78 is 0. The van der Waals surface area contributed by atoms with E-state index in [1.165, 1.54) is 31.3 Å². The van der Waals surface area contributed by atoms with Crippen LogP contribution in [0.4, 0.5) is 5.69 Å². The summed E-state index contributed by atoms with van der Waals surface area (Å²) in [6.45, 7) is 2.94. The highest BCUT2D eigenvalue weighted by molar-refractivity contribution is 6.35. The standard InChI is InChI=1S/C16H18N4O4/c1-17-7-9-19(10-8-17)14-13(15(21)18(2)16(14)22)11-3-5-12(6-4-11)20(23)24/h3-6H,7-10H2,1-2H3. The Morgan fingerprint density at radius 1 is 0.958 bits per heavy atom. The van der Waals surface area contributed by atoms with E-state index in [0.29, 0.717) is 29.9 Å². The van der Waals surface area contributed by atoms with Crippen LogP contribution in [0.3, 0.4) is 0 Å². The quantitative estimate of drug-likeness (QED) is 0.457. The molecule has 2 amide bonds. The highest BCUT2D eigenvalue weighted by Crippen LogP contribution is 2.32. The number of hydrogen-bond acceptors (Lipinski definition) is 6. The summed E-state index contributed by atoms with van der Waals surface area (Å²) in [5, 5.41) is 10.8. The van der Waals surface area contributed by atoms with Crippen molar-refractivity contribution in [2.75, 3.05) is 40.3 Å². The van der Waals surface area contributed by atoms with Crippen LogP contribution in [0.2, 0.25) is 0 Å². The van der Waals surface area contributed by atoms with Crippen LogP contribution in [-0.2, 0) is 9.59 Å². The van der Waals surface area contributed by atoms with Crippen molar-refractivity contribution in [3.63, 3.8) is 0 Å². The number of carbonyl (C=O) groups excluding carboxylic acids is 2. The summed E-state index contributed by atoms with van der Waals surface area (Å²) >= 11 is 0. The van der Waals surface area contributed by atoms with Crippen LogP contribution in [0.1, 0.15) is 5.56 Å². The lowest BCUT2D eigenvalue weighted by Crippen LogP contribution is -2.45. The van der Waals surface area contributed by atoms with Gasteiger partial charge in [0.15, 0.2) is 0 Å². The minimum atomic E-state index is -0.493. The molecule has 0 saturated carbocycles. The summed E-state index contributed by atoms with van der Waals surface area (Å²) in [4.78, 5) is 40.6. The molecule has 3 rings (SSSR count). The van der Waals surface area contributed by atoms with E-state index >= 15 is 0 Å². The summed E-state index contributed by atoms with van der Waals surface area (Å²) in [5.74, 6) is -0.694. The number of nitrogens with zero attached hydrogens (tertiary/aromatic N) is 4. The zero-order valence-electron chi connectivity index (χ0n) is 13.6. The molecular formula is C16H18N4O4. The van der Waals surface area contributed by atoms with Gasteiger partial charge in [-0.1, -0.05) is 0 Å². The van der Waals surface area contributed by atoms with Crippen molar-refractivity contribution in [1.29, 1.82) is 0 Å². The third kappa shape index (κ3) is 2.65. The summed E-state index contributed by atoms with van der Waals surface area (Å²) in [5.41, 5.74) is 1.19. The Morgan fingerprint density at radius 3 is 2.08 bits per heavy atom. The predicted octanol–water partition coefficient (Wildman–Crippen LogP) is 0.552. The summed E-state index contributed by atoms with van der Waals surface area (Å²) in [7, 11) is 3.47. The Bertz CT molecular complexity index is 733. The predicted molar refractivity (Wildman–Crippen MR) is 86.9 cm³/mol. The second kappa shape index (κ2) is 6.04. The lowest BCUT2D eigenvalue weighted by molar-refractivity contribution is -0.384. The van der Waals surface area contributed by atoms with Gasteiger partial charge < -0.3 is 9.80 Å². The normalized spacial score (nSPS) is 19.4. The Labute approximate surface area is 139 Å². The number of rotatable bonds is 3. The molecule has 0 radical (unpaired) electrons. The van der Waals surface area contributed by atoms with Crippen molar-refractivity contribution in [2.45, 2.75) is 0 Å². The average molecular weight is 330 g/mol. The highest BCUT2D eigenvalue weighted by Gasteiger charge is 2.40. The summed E-state index contributed by atoms with van der Waals surface area (Å²) in [6.07, 6.45) is 0. The maximum atomic E-state index is 12.5. The monoisotopic (exact) mass is 330 g/mol. The van der Waals surface area contributed by atoms with E-state index in [9.17, 15) is 19.7 Å². The van der Waals surface area contributed by atoms with Gasteiger partial charge in [0.05, 0.1) is 10.5 Å². The molecule has 0 bridgehead atoms. The van der Waals surface area contributed by atoms with Crippen LogP contribution in [0.5, 0.6) is 0 Å². The molecular weight excluding hydrogens is 312 g/mol. The van der Waals surface area contributed by atoms with Gasteiger partial charge in [-0.25, -0.2) is 0 Å². The molecule has 1 aromatic rings. The molecule has 0 unspecified atom stereocenters. The zero-order valence-corrected chi connectivity index (χ0v) is 13.6. The second-order valence-electron chi connectivity index (χ2n) is 5.99. The van der Waals surface area contributed by atoms with E-state index in [4.69, 9.17) is 0 Å². The second-order valence-corrected chi connectivity index (χ2v) is 5.99. The first-order valence-corrected chi connectivity index (χ1v) is 7.65. The topological polar surface area (TPSA) is 87.0 Å². The van der Waals surface area contributed by atoms with Crippen molar-refractivity contribution >= 4 is 23.1 Å². The molecule has 2 aliphatic rings. The first kappa shape index (κ1) is 16.1. The van der Waals surface area contributed by atoms with Gasteiger partial charge >= 0.3 is 0 Å².